The summed E-state index contributed by atoms with van der Waals surface area (Å²) >= 11 is 0. The number of sulfone groups is 1. The van der Waals surface area contributed by atoms with Crippen molar-refractivity contribution in [3.8, 4) is 11.5 Å². The monoisotopic (exact) mass is 329 g/mol. The van der Waals surface area contributed by atoms with Crippen molar-refractivity contribution in [1.82, 2.24) is 0 Å². The number of methoxy groups -OCH3 is 2. The maximum absolute atomic E-state index is 14.4. The lowest BCUT2D eigenvalue weighted by atomic mass is 9.72. The van der Waals surface area contributed by atoms with Gasteiger partial charge in [0.05, 0.1) is 14.2 Å². The number of carbonyl (C=O) groups excluding carboxylic acids is 1. The first kappa shape index (κ1) is 16.5. The number of halogens is 1. The minimum atomic E-state index is -3.86. The predicted molar refractivity (Wildman–Crippen MR) is 76.3 cm³/mol. The van der Waals surface area contributed by atoms with Gasteiger partial charge in [0.15, 0.2) is 21.3 Å². The van der Waals surface area contributed by atoms with Gasteiger partial charge < -0.3 is 9.47 Å². The van der Waals surface area contributed by atoms with Crippen LogP contribution in [0, 0.1) is 5.82 Å². The number of nitrogens with zero attached hydrogens (tertiary/aromatic N) is 1. The summed E-state index contributed by atoms with van der Waals surface area (Å²) < 4.78 is 48.3. The molecule has 1 aromatic carbocycles. The van der Waals surface area contributed by atoms with E-state index in [-0.39, 0.29) is 11.5 Å². The van der Waals surface area contributed by atoms with Crippen molar-refractivity contribution >= 4 is 15.9 Å². The molecule has 0 spiro atoms. The fraction of sp³-hybridized carbons (Fsp3) is 0.500. The Bertz CT molecular complexity index is 749. The minimum absolute atomic E-state index is 0.0722. The van der Waals surface area contributed by atoms with E-state index in [1.165, 1.54) is 20.3 Å². The Morgan fingerprint density at radius 3 is 2.23 bits per heavy atom. The fourth-order valence-electron chi connectivity index (χ4n) is 2.71. The standard InChI is InChI=1S/C14H16FNO5S/c1-20-11-9(14(16-8-17)5-4-6-14)7-10(15)13(12(11)21-2)22(3,18)19/h7H,4-6H2,1-3H3. The van der Waals surface area contributed by atoms with Crippen LogP contribution in [0.2, 0.25) is 0 Å². The molecule has 1 aromatic rings. The first-order chi connectivity index (χ1) is 10.3. The number of aliphatic imine (C=N–C) groups is 1. The van der Waals surface area contributed by atoms with Gasteiger partial charge in [-0.2, -0.15) is 4.99 Å². The maximum Gasteiger partial charge on any atom is 0.235 e. The Hall–Kier alpha value is -1.92. The number of isocyanates is 1. The Morgan fingerprint density at radius 1 is 1.27 bits per heavy atom. The molecule has 0 saturated heterocycles. The van der Waals surface area contributed by atoms with Gasteiger partial charge in [0.1, 0.15) is 16.3 Å². The highest BCUT2D eigenvalue weighted by atomic mass is 32.2. The van der Waals surface area contributed by atoms with Crippen LogP contribution in [-0.2, 0) is 20.2 Å². The molecule has 1 aliphatic carbocycles. The molecular formula is C14H16FNO5S. The van der Waals surface area contributed by atoms with Crippen molar-refractivity contribution in [3.63, 3.8) is 0 Å². The van der Waals surface area contributed by atoms with Gasteiger partial charge in [-0.1, -0.05) is 0 Å². The van der Waals surface area contributed by atoms with E-state index in [1.54, 1.807) is 0 Å². The molecule has 0 radical (unpaired) electrons. The lowest BCUT2D eigenvalue weighted by Crippen LogP contribution is -2.33. The van der Waals surface area contributed by atoms with E-state index in [4.69, 9.17) is 9.47 Å². The number of rotatable bonds is 5. The first-order valence-electron chi connectivity index (χ1n) is 6.55. The van der Waals surface area contributed by atoms with Crippen molar-refractivity contribution < 1.29 is 27.1 Å². The summed E-state index contributed by atoms with van der Waals surface area (Å²) in [5.41, 5.74) is -0.636. The van der Waals surface area contributed by atoms with Crippen LogP contribution in [-0.4, -0.2) is 35.0 Å². The van der Waals surface area contributed by atoms with Crippen molar-refractivity contribution in [2.24, 2.45) is 4.99 Å². The molecular weight excluding hydrogens is 313 g/mol. The Balaban J connectivity index is 2.83. The van der Waals surface area contributed by atoms with Gasteiger partial charge in [-0.05, 0) is 25.3 Å². The number of benzene rings is 1. The molecule has 0 aromatic heterocycles. The molecule has 1 saturated carbocycles. The first-order valence-corrected chi connectivity index (χ1v) is 8.44. The predicted octanol–water partition coefficient (Wildman–Crippen LogP) is 1.96. The average Bonchev–Trinajstić information content (AvgIpc) is 2.40. The van der Waals surface area contributed by atoms with Crippen molar-refractivity contribution in [3.05, 3.63) is 17.4 Å². The lowest BCUT2D eigenvalue weighted by Gasteiger charge is -2.38. The summed E-state index contributed by atoms with van der Waals surface area (Å²) in [6.07, 6.45) is 4.25. The Morgan fingerprint density at radius 2 is 1.86 bits per heavy atom. The van der Waals surface area contributed by atoms with E-state index in [1.807, 2.05) is 0 Å². The van der Waals surface area contributed by atoms with Gasteiger partial charge in [0.25, 0.3) is 0 Å². The Labute approximate surface area is 127 Å². The van der Waals surface area contributed by atoms with Gasteiger partial charge in [-0.15, -0.1) is 0 Å². The molecule has 0 aliphatic heterocycles. The van der Waals surface area contributed by atoms with Gasteiger partial charge in [0.2, 0.25) is 6.08 Å². The van der Waals surface area contributed by atoms with Crippen LogP contribution in [0.3, 0.4) is 0 Å². The smallest absolute Gasteiger partial charge is 0.235 e. The molecule has 8 heteroatoms. The third kappa shape index (κ3) is 2.48. The molecule has 0 bridgehead atoms. The van der Waals surface area contributed by atoms with Crippen LogP contribution in [0.1, 0.15) is 24.8 Å². The summed E-state index contributed by atoms with van der Waals surface area (Å²) in [5.74, 6) is -1.10. The highest BCUT2D eigenvalue weighted by molar-refractivity contribution is 7.90. The largest absolute Gasteiger partial charge is 0.492 e. The lowest BCUT2D eigenvalue weighted by molar-refractivity contribution is 0.240. The third-order valence-electron chi connectivity index (χ3n) is 3.87. The normalized spacial score (nSPS) is 16.4. The zero-order valence-electron chi connectivity index (χ0n) is 12.5. The van der Waals surface area contributed by atoms with Crippen LogP contribution in [0.4, 0.5) is 4.39 Å². The minimum Gasteiger partial charge on any atom is -0.492 e. The summed E-state index contributed by atoms with van der Waals surface area (Å²) in [7, 11) is -1.31. The van der Waals surface area contributed by atoms with E-state index >= 15 is 0 Å². The fourth-order valence-corrected chi connectivity index (χ4v) is 3.64. The summed E-state index contributed by atoms with van der Waals surface area (Å²) in [5, 5.41) is 0. The maximum atomic E-state index is 14.4. The number of hydrogen-bond donors (Lipinski definition) is 0. The van der Waals surface area contributed by atoms with Crippen LogP contribution >= 0.6 is 0 Å². The highest BCUT2D eigenvalue weighted by Crippen LogP contribution is 2.52. The third-order valence-corrected chi connectivity index (χ3v) is 4.99. The van der Waals surface area contributed by atoms with Crippen molar-refractivity contribution in [1.29, 1.82) is 0 Å². The van der Waals surface area contributed by atoms with Crippen LogP contribution in [0.25, 0.3) is 0 Å². The molecule has 1 aliphatic rings. The second-order valence-electron chi connectivity index (χ2n) is 5.16. The molecule has 0 unspecified atom stereocenters. The molecule has 120 valence electrons. The number of hydrogen-bond acceptors (Lipinski definition) is 6. The molecule has 0 heterocycles. The second kappa shape index (κ2) is 5.70. The molecule has 1 fully saturated rings. The van der Waals surface area contributed by atoms with Crippen molar-refractivity contribution in [2.75, 3.05) is 20.5 Å². The molecule has 6 nitrogen and oxygen atoms in total. The average molecular weight is 329 g/mol. The zero-order valence-corrected chi connectivity index (χ0v) is 13.3. The summed E-state index contributed by atoms with van der Waals surface area (Å²) in [6.45, 7) is 0. The molecule has 0 N–H and O–H groups in total. The summed E-state index contributed by atoms with van der Waals surface area (Å²) in [4.78, 5) is 13.9. The highest BCUT2D eigenvalue weighted by Gasteiger charge is 2.43. The quantitative estimate of drug-likeness (QED) is 0.609. The van der Waals surface area contributed by atoms with E-state index in [2.05, 4.69) is 4.99 Å². The number of ether oxygens (including phenoxy) is 2. The molecule has 0 atom stereocenters. The Kier molecular flexibility index (Phi) is 4.26. The topological polar surface area (TPSA) is 82.0 Å². The van der Waals surface area contributed by atoms with Gasteiger partial charge in [0, 0.05) is 11.8 Å². The molecule has 0 amide bonds. The van der Waals surface area contributed by atoms with Gasteiger partial charge in [-0.25, -0.2) is 17.6 Å². The molecule has 22 heavy (non-hydrogen) atoms. The second-order valence-corrected chi connectivity index (χ2v) is 7.11. The van der Waals surface area contributed by atoms with E-state index in [0.717, 1.165) is 18.7 Å². The summed E-state index contributed by atoms with van der Waals surface area (Å²) in [6, 6.07) is 1.05. The van der Waals surface area contributed by atoms with Crippen LogP contribution < -0.4 is 9.47 Å². The van der Waals surface area contributed by atoms with E-state index in [9.17, 15) is 17.6 Å². The van der Waals surface area contributed by atoms with Crippen molar-refractivity contribution in [2.45, 2.75) is 29.7 Å². The van der Waals surface area contributed by atoms with Crippen LogP contribution in [0.5, 0.6) is 11.5 Å². The van der Waals surface area contributed by atoms with Gasteiger partial charge >= 0.3 is 0 Å². The van der Waals surface area contributed by atoms with Gasteiger partial charge in [-0.3, -0.25) is 0 Å². The van der Waals surface area contributed by atoms with Crippen LogP contribution in [0.15, 0.2) is 16.0 Å². The molecule has 2 rings (SSSR count). The zero-order chi connectivity index (χ0) is 16.5. The van der Waals surface area contributed by atoms with E-state index in [0.29, 0.717) is 18.4 Å². The SMILES string of the molecule is COc1c(C2(N=C=O)CCC2)cc(F)c(S(C)(=O)=O)c1OC. The van der Waals surface area contributed by atoms with E-state index < -0.39 is 26.1 Å².